The molecule has 1 unspecified atom stereocenters. The fourth-order valence-corrected chi connectivity index (χ4v) is 5.87. The van der Waals surface area contributed by atoms with Gasteiger partial charge < -0.3 is 36.2 Å². The van der Waals surface area contributed by atoms with Crippen molar-refractivity contribution >= 4 is 23.2 Å². The molecule has 0 aromatic heterocycles. The van der Waals surface area contributed by atoms with Gasteiger partial charge in [0.05, 0.1) is 18.2 Å². The summed E-state index contributed by atoms with van der Waals surface area (Å²) in [6.07, 6.45) is 0.197. The summed E-state index contributed by atoms with van der Waals surface area (Å²) in [5.74, 6) is -7.05. The molecule has 0 aliphatic heterocycles. The number of nitrogens with zero attached hydrogens (tertiary/aromatic N) is 2. The van der Waals surface area contributed by atoms with Crippen LogP contribution in [0.5, 0.6) is 5.75 Å². The molecular weight excluding hydrogens is 458 g/mol. The Hall–Kier alpha value is -3.41. The second-order valence-electron chi connectivity index (χ2n) is 9.77. The van der Waals surface area contributed by atoms with Crippen LogP contribution in [-0.4, -0.2) is 87.7 Å². The van der Waals surface area contributed by atoms with E-state index in [0.717, 1.165) is 0 Å². The summed E-state index contributed by atoms with van der Waals surface area (Å²) in [6, 6.07) is 0.536. The average Bonchev–Trinajstić information content (AvgIpc) is 2.75. The van der Waals surface area contributed by atoms with Crippen molar-refractivity contribution in [2.45, 2.75) is 31.1 Å². The number of likely N-dealkylation sites (N-methyl/N-ethyl adjacent to an activating group) is 1. The number of allylic oxidation sites excluding steroid dienone is 1. The van der Waals surface area contributed by atoms with Gasteiger partial charge in [-0.05, 0) is 44.5 Å². The number of nitrogens with two attached hydrogens (primary N) is 1. The van der Waals surface area contributed by atoms with Crippen LogP contribution in [0, 0.1) is 11.8 Å². The number of rotatable bonds is 4. The molecule has 4 atom stereocenters. The van der Waals surface area contributed by atoms with E-state index < -0.39 is 70.4 Å². The van der Waals surface area contributed by atoms with Gasteiger partial charge in [-0.25, -0.2) is 0 Å². The fourth-order valence-electron chi connectivity index (χ4n) is 5.87. The maximum Gasteiger partial charge on any atom is 0.255 e. The first kappa shape index (κ1) is 24.7. The highest BCUT2D eigenvalue weighted by molar-refractivity contribution is 6.24. The molecule has 4 rings (SSSR count). The van der Waals surface area contributed by atoms with Crippen molar-refractivity contribution in [2.75, 3.05) is 33.1 Å². The SMILES string of the molecule is CN(C)c1cc(CO)c(O)c2c1C[C@H]1C[C@H]3C(N(C)C)C(O)=C(C(N)=O)C(=O)[C@@]3(O)C(O)=C1C2=O. The molecule has 0 fully saturated rings. The summed E-state index contributed by atoms with van der Waals surface area (Å²) >= 11 is 0. The molecule has 11 heteroatoms. The normalized spacial score (nSPS) is 28.1. The van der Waals surface area contributed by atoms with Gasteiger partial charge in [-0.1, -0.05) is 0 Å². The number of ketones is 2. The summed E-state index contributed by atoms with van der Waals surface area (Å²) < 4.78 is 0. The fraction of sp³-hybridized carbons (Fsp3) is 0.458. The molecule has 3 aliphatic carbocycles. The Labute approximate surface area is 201 Å². The number of benzene rings is 1. The monoisotopic (exact) mass is 487 g/mol. The topological polar surface area (TPSA) is 185 Å². The van der Waals surface area contributed by atoms with Crippen LogP contribution in [0.4, 0.5) is 5.69 Å². The number of aromatic hydroxyl groups is 1. The number of anilines is 1. The lowest BCUT2D eigenvalue weighted by molar-refractivity contribution is -0.148. The van der Waals surface area contributed by atoms with Crippen LogP contribution in [-0.2, 0) is 22.6 Å². The Morgan fingerprint density at radius 3 is 2.31 bits per heavy atom. The zero-order valence-corrected chi connectivity index (χ0v) is 19.9. The summed E-state index contributed by atoms with van der Waals surface area (Å²) in [6.45, 7) is -0.539. The second kappa shape index (κ2) is 8.08. The Bertz CT molecular complexity index is 1230. The largest absolute Gasteiger partial charge is 0.510 e. The quantitative estimate of drug-likeness (QED) is 0.308. The lowest BCUT2D eigenvalue weighted by atomic mass is 9.58. The van der Waals surface area contributed by atoms with E-state index in [0.29, 0.717) is 11.3 Å². The molecule has 0 bridgehead atoms. The van der Waals surface area contributed by atoms with Crippen LogP contribution >= 0.6 is 0 Å². The minimum absolute atomic E-state index is 0.0150. The molecule has 0 heterocycles. The van der Waals surface area contributed by atoms with E-state index in [-0.39, 0.29) is 29.5 Å². The number of hydrogen-bond donors (Lipinski definition) is 6. The lowest BCUT2D eigenvalue weighted by Crippen LogP contribution is -2.63. The van der Waals surface area contributed by atoms with Crippen molar-refractivity contribution in [3.8, 4) is 5.75 Å². The summed E-state index contributed by atoms with van der Waals surface area (Å²) in [5, 5.41) is 54.1. The Morgan fingerprint density at radius 1 is 1.17 bits per heavy atom. The van der Waals surface area contributed by atoms with E-state index in [1.165, 1.54) is 4.90 Å². The smallest absolute Gasteiger partial charge is 0.255 e. The van der Waals surface area contributed by atoms with Gasteiger partial charge in [0.2, 0.25) is 5.78 Å². The number of hydrogen-bond acceptors (Lipinski definition) is 10. The number of primary amides is 1. The van der Waals surface area contributed by atoms with Gasteiger partial charge >= 0.3 is 0 Å². The minimum atomic E-state index is -2.68. The molecule has 11 nitrogen and oxygen atoms in total. The molecule has 0 spiro atoms. The highest BCUT2D eigenvalue weighted by atomic mass is 16.3. The molecule has 1 aromatic carbocycles. The third-order valence-electron chi connectivity index (χ3n) is 7.43. The Morgan fingerprint density at radius 2 is 1.80 bits per heavy atom. The Balaban J connectivity index is 2.00. The van der Waals surface area contributed by atoms with Crippen LogP contribution < -0.4 is 10.6 Å². The predicted molar refractivity (Wildman–Crippen MR) is 124 cm³/mol. The summed E-state index contributed by atoms with van der Waals surface area (Å²) in [5.41, 5.74) is 2.64. The van der Waals surface area contributed by atoms with E-state index in [4.69, 9.17) is 5.73 Å². The highest BCUT2D eigenvalue weighted by Crippen LogP contribution is 2.53. The molecule has 7 N–H and O–H groups in total. The molecule has 0 saturated carbocycles. The van der Waals surface area contributed by atoms with Crippen LogP contribution in [0.1, 0.15) is 27.9 Å². The second-order valence-corrected chi connectivity index (χ2v) is 9.77. The van der Waals surface area contributed by atoms with Gasteiger partial charge in [0.15, 0.2) is 11.4 Å². The number of phenols is 1. The number of carbonyl (C=O) groups is 3. The third kappa shape index (κ3) is 3.19. The zero-order chi connectivity index (χ0) is 26.1. The van der Waals surface area contributed by atoms with Gasteiger partial charge in [-0.2, -0.15) is 0 Å². The number of aliphatic hydroxyl groups is 4. The number of carbonyl (C=O) groups excluding carboxylic acids is 3. The third-order valence-corrected chi connectivity index (χ3v) is 7.43. The van der Waals surface area contributed by atoms with Gasteiger partial charge in [0, 0.05) is 36.8 Å². The van der Waals surface area contributed by atoms with Crippen LogP contribution in [0.15, 0.2) is 28.7 Å². The lowest BCUT2D eigenvalue weighted by Gasteiger charge is -2.50. The standard InChI is InChI=1S/C24H29N3O8/c1-26(2)13-7-10(8-28)18(29)15-11(13)5-9-6-12-17(27(3)4)20(31)16(23(25)34)22(33)24(12,35)21(32)14(9)19(15)30/h7,9,12,17,28-29,31-32,35H,5-6,8H2,1-4H3,(H2,25,34)/t9-,12-,17?,24-/m0/s1. The van der Waals surface area contributed by atoms with E-state index in [1.54, 1.807) is 39.2 Å². The van der Waals surface area contributed by atoms with Crippen molar-refractivity contribution in [2.24, 2.45) is 17.6 Å². The summed E-state index contributed by atoms with van der Waals surface area (Å²) in [4.78, 5) is 42.2. The first-order chi connectivity index (χ1) is 16.3. The van der Waals surface area contributed by atoms with Crippen molar-refractivity contribution in [3.63, 3.8) is 0 Å². The van der Waals surface area contributed by atoms with Gasteiger partial charge in [-0.15, -0.1) is 0 Å². The van der Waals surface area contributed by atoms with Crippen molar-refractivity contribution in [1.82, 2.24) is 4.90 Å². The first-order valence-electron chi connectivity index (χ1n) is 11.1. The number of aliphatic hydroxyl groups excluding tert-OH is 3. The molecule has 0 radical (unpaired) electrons. The van der Waals surface area contributed by atoms with Crippen LogP contribution in [0.3, 0.4) is 0 Å². The van der Waals surface area contributed by atoms with Gasteiger partial charge in [0.1, 0.15) is 22.8 Å². The molecular formula is C24H29N3O8. The minimum Gasteiger partial charge on any atom is -0.510 e. The molecule has 0 saturated heterocycles. The molecule has 35 heavy (non-hydrogen) atoms. The van der Waals surface area contributed by atoms with Crippen molar-refractivity contribution in [3.05, 3.63) is 45.4 Å². The summed E-state index contributed by atoms with van der Waals surface area (Å²) in [7, 11) is 6.64. The van der Waals surface area contributed by atoms with Crippen LogP contribution in [0.2, 0.25) is 0 Å². The number of Topliss-reactive ketones (excluding diaryl/α,β-unsaturated/α-hetero) is 2. The number of amides is 1. The average molecular weight is 488 g/mol. The Kier molecular flexibility index (Phi) is 5.70. The molecule has 1 aromatic rings. The van der Waals surface area contributed by atoms with Crippen LogP contribution in [0.25, 0.3) is 0 Å². The van der Waals surface area contributed by atoms with E-state index in [9.17, 15) is 39.9 Å². The number of fused-ring (bicyclic) bond motifs is 3. The van der Waals surface area contributed by atoms with Gasteiger partial charge in [-0.3, -0.25) is 19.3 Å². The molecule has 3 aliphatic rings. The maximum atomic E-state index is 13.7. The maximum absolute atomic E-state index is 13.7. The van der Waals surface area contributed by atoms with E-state index in [1.807, 2.05) is 0 Å². The first-order valence-corrected chi connectivity index (χ1v) is 11.1. The predicted octanol–water partition coefficient (Wildman–Crippen LogP) is -0.321. The molecule has 188 valence electrons. The van der Waals surface area contributed by atoms with Crippen molar-refractivity contribution < 1.29 is 39.9 Å². The van der Waals surface area contributed by atoms with E-state index in [2.05, 4.69) is 0 Å². The van der Waals surface area contributed by atoms with Crippen molar-refractivity contribution in [1.29, 1.82) is 0 Å². The van der Waals surface area contributed by atoms with Gasteiger partial charge in [0.25, 0.3) is 5.91 Å². The highest BCUT2D eigenvalue weighted by Gasteiger charge is 2.63. The molecule has 1 amide bonds. The van der Waals surface area contributed by atoms with E-state index >= 15 is 0 Å². The zero-order valence-electron chi connectivity index (χ0n) is 19.9.